The lowest BCUT2D eigenvalue weighted by molar-refractivity contribution is -0.141. The molecule has 8 heteroatoms. The molecule has 1 heterocycles. The third kappa shape index (κ3) is 3.98. The van der Waals surface area contributed by atoms with E-state index in [0.29, 0.717) is 18.2 Å². The molecule has 1 aromatic heterocycles. The van der Waals surface area contributed by atoms with E-state index < -0.39 is 21.8 Å². The lowest BCUT2D eigenvalue weighted by Gasteiger charge is -2.19. The van der Waals surface area contributed by atoms with Gasteiger partial charge in [-0.15, -0.1) is 6.58 Å². The van der Waals surface area contributed by atoms with Gasteiger partial charge in [-0.3, -0.25) is 0 Å². The predicted molar refractivity (Wildman–Crippen MR) is 92.1 cm³/mol. The summed E-state index contributed by atoms with van der Waals surface area (Å²) in [5.41, 5.74) is 0. The molecule has 1 saturated carbocycles. The Kier molecular flexibility index (Phi) is 5.69. The second kappa shape index (κ2) is 7.38. The van der Waals surface area contributed by atoms with Crippen LogP contribution in [0, 0.1) is 5.92 Å². The fourth-order valence-corrected chi connectivity index (χ4v) is 4.35. The van der Waals surface area contributed by atoms with E-state index in [4.69, 9.17) is 0 Å². The fraction of sp³-hybridized carbons (Fsp3) is 0.625. The molecule has 0 aliphatic heterocycles. The number of imidazole rings is 1. The van der Waals surface area contributed by atoms with Crippen LogP contribution in [0.5, 0.6) is 0 Å². The number of aliphatic carboxylic acids is 1. The molecule has 0 spiro atoms. The van der Waals surface area contributed by atoms with Gasteiger partial charge < -0.3 is 14.6 Å². The third-order valence-electron chi connectivity index (χ3n) is 4.41. The minimum atomic E-state index is -3.72. The number of anilines is 1. The molecule has 1 fully saturated rings. The zero-order chi connectivity index (χ0) is 17.9. The van der Waals surface area contributed by atoms with Crippen molar-refractivity contribution in [2.24, 2.45) is 5.92 Å². The molecule has 1 aliphatic carbocycles. The van der Waals surface area contributed by atoms with Gasteiger partial charge in [-0.1, -0.05) is 31.8 Å². The second-order valence-corrected chi connectivity index (χ2v) is 8.42. The molecule has 0 radical (unpaired) electrons. The van der Waals surface area contributed by atoms with E-state index in [1.807, 2.05) is 0 Å². The lowest BCUT2D eigenvalue weighted by Crippen LogP contribution is -2.25. The summed E-state index contributed by atoms with van der Waals surface area (Å²) in [5.74, 6) is -0.562. The van der Waals surface area contributed by atoms with Crippen molar-refractivity contribution in [2.45, 2.75) is 43.3 Å². The van der Waals surface area contributed by atoms with Crippen LogP contribution < -0.4 is 4.90 Å². The summed E-state index contributed by atoms with van der Waals surface area (Å²) in [5, 5.41) is 9.48. The molecule has 1 aromatic rings. The smallest absolute Gasteiger partial charge is 0.326 e. The van der Waals surface area contributed by atoms with Crippen molar-refractivity contribution < 1.29 is 18.3 Å². The number of carboxylic acid groups (broad SMARTS) is 1. The van der Waals surface area contributed by atoms with Gasteiger partial charge in [-0.2, -0.15) is 0 Å². The Bertz CT molecular complexity index is 703. The molecule has 134 valence electrons. The topological polar surface area (TPSA) is 92.5 Å². The van der Waals surface area contributed by atoms with Crippen LogP contribution in [-0.4, -0.2) is 48.9 Å². The highest BCUT2D eigenvalue weighted by molar-refractivity contribution is 7.91. The summed E-state index contributed by atoms with van der Waals surface area (Å²) in [6.07, 6.45) is 7.42. The highest BCUT2D eigenvalue weighted by atomic mass is 32.2. The Morgan fingerprint density at radius 1 is 1.50 bits per heavy atom. The molecule has 24 heavy (non-hydrogen) atoms. The first kappa shape index (κ1) is 18.5. The number of sulfone groups is 1. The summed E-state index contributed by atoms with van der Waals surface area (Å²) in [6, 6.07) is -0.927. The standard InChI is InChI=1S/C16H25N3O4S/c1-4-9-24(22,23)16-17-14(18(2)3)11-19(16)13(15(20)21)10-12-7-5-6-8-12/h4,11-13H,1,5-10H2,2-3H3,(H,20,21). The summed E-state index contributed by atoms with van der Waals surface area (Å²) in [7, 11) is -0.243. The number of rotatable bonds is 8. The zero-order valence-corrected chi connectivity index (χ0v) is 15.0. The number of hydrogen-bond donors (Lipinski definition) is 1. The van der Waals surface area contributed by atoms with Crippen LogP contribution in [0.25, 0.3) is 0 Å². The van der Waals surface area contributed by atoms with Crippen molar-refractivity contribution in [3.05, 3.63) is 18.9 Å². The third-order valence-corrected chi connectivity index (χ3v) is 5.94. The van der Waals surface area contributed by atoms with Crippen molar-refractivity contribution in [1.29, 1.82) is 0 Å². The lowest BCUT2D eigenvalue weighted by atomic mass is 9.98. The molecular weight excluding hydrogens is 330 g/mol. The van der Waals surface area contributed by atoms with Gasteiger partial charge >= 0.3 is 5.97 Å². The highest BCUT2D eigenvalue weighted by Crippen LogP contribution is 2.34. The maximum atomic E-state index is 12.5. The minimum Gasteiger partial charge on any atom is -0.480 e. The summed E-state index contributed by atoms with van der Waals surface area (Å²) >= 11 is 0. The van der Waals surface area contributed by atoms with E-state index >= 15 is 0 Å². The molecule has 1 aliphatic rings. The van der Waals surface area contributed by atoms with Crippen LogP contribution in [-0.2, 0) is 14.6 Å². The highest BCUT2D eigenvalue weighted by Gasteiger charge is 2.32. The average molecular weight is 355 g/mol. The molecule has 1 unspecified atom stereocenters. The largest absolute Gasteiger partial charge is 0.480 e. The van der Waals surface area contributed by atoms with E-state index in [0.717, 1.165) is 25.7 Å². The van der Waals surface area contributed by atoms with Crippen LogP contribution in [0.3, 0.4) is 0 Å². The van der Waals surface area contributed by atoms with Gasteiger partial charge in [0.15, 0.2) is 0 Å². The number of carboxylic acids is 1. The fourth-order valence-electron chi connectivity index (χ4n) is 3.16. The maximum absolute atomic E-state index is 12.5. The van der Waals surface area contributed by atoms with Crippen molar-refractivity contribution in [2.75, 3.05) is 24.7 Å². The van der Waals surface area contributed by atoms with Crippen LogP contribution in [0.1, 0.15) is 38.1 Å². The molecule has 0 bridgehead atoms. The first-order valence-corrected chi connectivity index (χ1v) is 9.74. The molecule has 1 N–H and O–H groups in total. The molecule has 0 saturated heterocycles. The van der Waals surface area contributed by atoms with Gasteiger partial charge in [0.05, 0.1) is 5.75 Å². The van der Waals surface area contributed by atoms with E-state index in [-0.39, 0.29) is 10.9 Å². The number of aromatic nitrogens is 2. The summed E-state index contributed by atoms with van der Waals surface area (Å²) in [4.78, 5) is 17.7. The first-order valence-electron chi connectivity index (χ1n) is 8.09. The minimum absolute atomic E-state index is 0.198. The Morgan fingerprint density at radius 2 is 2.12 bits per heavy atom. The Balaban J connectivity index is 2.47. The van der Waals surface area contributed by atoms with Gasteiger partial charge in [0.2, 0.25) is 15.0 Å². The molecular formula is C16H25N3O4S. The van der Waals surface area contributed by atoms with Gasteiger partial charge in [0.25, 0.3) is 0 Å². The first-order chi connectivity index (χ1) is 11.3. The normalized spacial score (nSPS) is 16.9. The number of nitrogens with zero attached hydrogens (tertiary/aromatic N) is 3. The molecule has 0 amide bonds. The predicted octanol–water partition coefficient (Wildman–Crippen LogP) is 2.11. The van der Waals surface area contributed by atoms with Crippen molar-refractivity contribution in [1.82, 2.24) is 9.55 Å². The summed E-state index contributed by atoms with van der Waals surface area (Å²) in [6.45, 7) is 3.46. The number of hydrogen-bond acceptors (Lipinski definition) is 5. The summed E-state index contributed by atoms with van der Waals surface area (Å²) < 4.78 is 26.3. The van der Waals surface area contributed by atoms with E-state index in [2.05, 4.69) is 11.6 Å². The molecule has 7 nitrogen and oxygen atoms in total. The number of carbonyl (C=O) groups is 1. The van der Waals surface area contributed by atoms with Crippen molar-refractivity contribution in [3.8, 4) is 0 Å². The Hall–Kier alpha value is -1.83. The monoisotopic (exact) mass is 355 g/mol. The SMILES string of the molecule is C=CCS(=O)(=O)c1nc(N(C)C)cn1C(CC1CCCC1)C(=O)O. The van der Waals surface area contributed by atoms with Gasteiger partial charge in [0.1, 0.15) is 11.9 Å². The maximum Gasteiger partial charge on any atom is 0.326 e. The Morgan fingerprint density at radius 3 is 2.62 bits per heavy atom. The molecule has 1 atom stereocenters. The van der Waals surface area contributed by atoms with Crippen molar-refractivity contribution in [3.63, 3.8) is 0 Å². The van der Waals surface area contributed by atoms with Crippen LogP contribution >= 0.6 is 0 Å². The average Bonchev–Trinajstić information content (AvgIpc) is 3.14. The zero-order valence-electron chi connectivity index (χ0n) is 14.2. The molecule has 0 aromatic carbocycles. The van der Waals surface area contributed by atoms with Gasteiger partial charge in [-0.05, 0) is 12.3 Å². The van der Waals surface area contributed by atoms with Crippen LogP contribution in [0.2, 0.25) is 0 Å². The van der Waals surface area contributed by atoms with Crippen molar-refractivity contribution >= 4 is 21.6 Å². The second-order valence-electron chi connectivity index (χ2n) is 6.49. The van der Waals surface area contributed by atoms with E-state index in [1.165, 1.54) is 16.8 Å². The Labute approximate surface area is 142 Å². The van der Waals surface area contributed by atoms with Crippen LogP contribution in [0.4, 0.5) is 5.82 Å². The quantitative estimate of drug-likeness (QED) is 0.718. The van der Waals surface area contributed by atoms with Crippen LogP contribution in [0.15, 0.2) is 24.0 Å². The molecule has 2 rings (SSSR count). The van der Waals surface area contributed by atoms with E-state index in [1.54, 1.807) is 19.0 Å². The van der Waals surface area contributed by atoms with Gasteiger partial charge in [-0.25, -0.2) is 18.2 Å². The van der Waals surface area contributed by atoms with Gasteiger partial charge in [0, 0.05) is 20.3 Å². The van der Waals surface area contributed by atoms with E-state index in [9.17, 15) is 18.3 Å².